The summed E-state index contributed by atoms with van der Waals surface area (Å²) in [7, 11) is 0. The molecule has 0 aliphatic heterocycles. The molecule has 0 N–H and O–H groups in total. The van der Waals surface area contributed by atoms with Crippen LogP contribution in [0, 0.1) is 0 Å². The van der Waals surface area contributed by atoms with E-state index < -0.39 is 0 Å². The number of hydrogen-bond acceptors (Lipinski definition) is 0. The van der Waals surface area contributed by atoms with Crippen LogP contribution >= 0.6 is 0 Å². The fourth-order valence-electron chi connectivity index (χ4n) is 8.59. The molecule has 1 heteroatoms. The maximum absolute atomic E-state index is 2.56. The SMILES string of the molecule is CC1(C)c2cc(-n3c4ccccc4c4ccccc43)ccc2-c2cc3c(cc21)-c1c(ccc2ccccc12)C(C)(C)C3(C)C. The van der Waals surface area contributed by atoms with Crippen LogP contribution in [0.1, 0.15) is 63.8 Å². The third-order valence-electron chi connectivity index (χ3n) is 11.7. The highest BCUT2D eigenvalue weighted by Crippen LogP contribution is 2.59. The summed E-state index contributed by atoms with van der Waals surface area (Å²) >= 11 is 0. The Balaban J connectivity index is 1.31. The predicted molar refractivity (Wildman–Crippen MR) is 187 cm³/mol. The molecule has 0 fully saturated rings. The predicted octanol–water partition coefficient (Wildman–Crippen LogP) is 11.5. The van der Waals surface area contributed by atoms with Crippen molar-refractivity contribution in [3.63, 3.8) is 0 Å². The third kappa shape index (κ3) is 3.05. The Labute approximate surface area is 259 Å². The molecule has 2 aliphatic carbocycles. The highest BCUT2D eigenvalue weighted by Gasteiger charge is 2.48. The van der Waals surface area contributed by atoms with Gasteiger partial charge in [-0.05, 0) is 103 Å². The Morgan fingerprint density at radius 1 is 0.432 bits per heavy atom. The van der Waals surface area contributed by atoms with Gasteiger partial charge in [0.2, 0.25) is 0 Å². The van der Waals surface area contributed by atoms with E-state index in [-0.39, 0.29) is 16.2 Å². The van der Waals surface area contributed by atoms with E-state index in [4.69, 9.17) is 0 Å². The smallest absolute Gasteiger partial charge is 0.0541 e. The lowest BCUT2D eigenvalue weighted by molar-refractivity contribution is 0.299. The van der Waals surface area contributed by atoms with Crippen LogP contribution in [0.3, 0.4) is 0 Å². The standard InChI is InChI=1S/C43H37N/c1-41(2)35-23-27(44-38-17-11-9-15-30(38)31-16-10-12-18-39(31)44)20-21-29(35)32-24-37-33(25-36(32)41)40-28-14-8-7-13-26(28)19-22-34(40)42(3,4)43(37,5)6/h7-25H,1-6H3. The van der Waals surface area contributed by atoms with Gasteiger partial charge in [-0.25, -0.2) is 0 Å². The van der Waals surface area contributed by atoms with E-state index in [0.717, 1.165) is 0 Å². The highest BCUT2D eigenvalue weighted by atomic mass is 15.0. The topological polar surface area (TPSA) is 4.93 Å². The lowest BCUT2D eigenvalue weighted by Crippen LogP contribution is -2.43. The van der Waals surface area contributed by atoms with Gasteiger partial charge in [0.1, 0.15) is 0 Å². The minimum Gasteiger partial charge on any atom is -0.309 e. The molecule has 0 radical (unpaired) electrons. The molecule has 0 spiro atoms. The summed E-state index contributed by atoms with van der Waals surface area (Å²) in [5.74, 6) is 0. The second-order valence-electron chi connectivity index (χ2n) is 14.6. The molecule has 9 rings (SSSR count). The van der Waals surface area contributed by atoms with Crippen molar-refractivity contribution in [1.82, 2.24) is 4.57 Å². The zero-order chi connectivity index (χ0) is 30.2. The molecule has 0 bridgehead atoms. The van der Waals surface area contributed by atoms with Gasteiger partial charge in [-0.15, -0.1) is 0 Å². The normalized spacial score (nSPS) is 17.0. The molecule has 1 nitrogen and oxygen atoms in total. The van der Waals surface area contributed by atoms with Crippen LogP contribution in [0.2, 0.25) is 0 Å². The van der Waals surface area contributed by atoms with Crippen LogP contribution in [0.5, 0.6) is 0 Å². The van der Waals surface area contributed by atoms with Crippen molar-refractivity contribution in [2.45, 2.75) is 57.8 Å². The van der Waals surface area contributed by atoms with Crippen molar-refractivity contribution in [2.24, 2.45) is 0 Å². The van der Waals surface area contributed by atoms with E-state index >= 15 is 0 Å². The van der Waals surface area contributed by atoms with E-state index in [1.54, 1.807) is 0 Å². The highest BCUT2D eigenvalue weighted by molar-refractivity contribution is 6.09. The summed E-state index contributed by atoms with van der Waals surface area (Å²) in [6.07, 6.45) is 0. The lowest BCUT2D eigenvalue weighted by atomic mass is 9.54. The first kappa shape index (κ1) is 25.8. The van der Waals surface area contributed by atoms with E-state index in [1.807, 2.05) is 0 Å². The molecule has 214 valence electrons. The van der Waals surface area contributed by atoms with Gasteiger partial charge in [0.15, 0.2) is 0 Å². The lowest BCUT2D eigenvalue weighted by Gasteiger charge is -2.49. The molecule has 44 heavy (non-hydrogen) atoms. The number of hydrogen-bond donors (Lipinski definition) is 0. The Kier molecular flexibility index (Phi) is 4.87. The Bertz CT molecular complexity index is 2300. The first-order chi connectivity index (χ1) is 21.1. The van der Waals surface area contributed by atoms with Gasteiger partial charge >= 0.3 is 0 Å². The maximum atomic E-state index is 2.56. The summed E-state index contributed by atoms with van der Waals surface area (Å²) in [5, 5.41) is 5.27. The van der Waals surface area contributed by atoms with Crippen molar-refractivity contribution in [3.05, 3.63) is 138 Å². The summed E-state index contributed by atoms with van der Waals surface area (Å²) in [5.41, 5.74) is 14.9. The molecule has 0 saturated heterocycles. The number of para-hydroxylation sites is 2. The van der Waals surface area contributed by atoms with Crippen molar-refractivity contribution in [1.29, 1.82) is 0 Å². The van der Waals surface area contributed by atoms with Crippen molar-refractivity contribution < 1.29 is 0 Å². The summed E-state index contributed by atoms with van der Waals surface area (Å²) in [4.78, 5) is 0. The fraction of sp³-hybridized carbons (Fsp3) is 0.209. The quantitative estimate of drug-likeness (QED) is 0.186. The fourth-order valence-corrected chi connectivity index (χ4v) is 8.59. The first-order valence-corrected chi connectivity index (χ1v) is 16.0. The van der Waals surface area contributed by atoms with Crippen LogP contribution in [0.15, 0.2) is 115 Å². The summed E-state index contributed by atoms with van der Waals surface area (Å²) < 4.78 is 2.45. The molecule has 7 aromatic rings. The van der Waals surface area contributed by atoms with Crippen LogP contribution in [-0.4, -0.2) is 4.57 Å². The van der Waals surface area contributed by atoms with Gasteiger partial charge in [0.25, 0.3) is 0 Å². The van der Waals surface area contributed by atoms with Crippen LogP contribution < -0.4 is 0 Å². The van der Waals surface area contributed by atoms with Crippen LogP contribution in [0.25, 0.3) is 60.5 Å². The molecule has 0 amide bonds. The summed E-state index contributed by atoms with van der Waals surface area (Å²) in [6.45, 7) is 14.6. The number of rotatable bonds is 1. The molecular weight excluding hydrogens is 530 g/mol. The van der Waals surface area contributed by atoms with Crippen molar-refractivity contribution in [3.8, 4) is 27.9 Å². The number of aromatic nitrogens is 1. The van der Waals surface area contributed by atoms with Gasteiger partial charge in [0, 0.05) is 21.9 Å². The minimum atomic E-state index is -0.129. The molecule has 0 atom stereocenters. The van der Waals surface area contributed by atoms with Gasteiger partial charge in [-0.1, -0.05) is 120 Å². The largest absolute Gasteiger partial charge is 0.309 e. The molecule has 0 saturated carbocycles. The maximum Gasteiger partial charge on any atom is 0.0541 e. The third-order valence-corrected chi connectivity index (χ3v) is 11.7. The minimum absolute atomic E-state index is 0.0229. The average molecular weight is 568 g/mol. The van der Waals surface area contributed by atoms with Gasteiger partial charge in [-0.3, -0.25) is 0 Å². The zero-order valence-electron chi connectivity index (χ0n) is 26.4. The second-order valence-corrected chi connectivity index (χ2v) is 14.6. The monoisotopic (exact) mass is 567 g/mol. The van der Waals surface area contributed by atoms with Gasteiger partial charge < -0.3 is 4.57 Å². The number of benzene rings is 6. The van der Waals surface area contributed by atoms with Crippen molar-refractivity contribution >= 4 is 32.6 Å². The van der Waals surface area contributed by atoms with Crippen LogP contribution in [-0.2, 0) is 16.2 Å². The Morgan fingerprint density at radius 2 is 1.00 bits per heavy atom. The van der Waals surface area contributed by atoms with E-state index in [9.17, 15) is 0 Å². The van der Waals surface area contributed by atoms with E-state index in [2.05, 4.69) is 161 Å². The molecular formula is C43H37N. The number of nitrogens with zero attached hydrogens (tertiary/aromatic N) is 1. The second kappa shape index (κ2) is 8.30. The van der Waals surface area contributed by atoms with E-state index in [1.165, 1.54) is 82.8 Å². The average Bonchev–Trinajstić information content (AvgIpc) is 3.47. The van der Waals surface area contributed by atoms with Crippen molar-refractivity contribution in [2.75, 3.05) is 0 Å². The van der Waals surface area contributed by atoms with E-state index in [0.29, 0.717) is 0 Å². The molecule has 2 aliphatic rings. The van der Waals surface area contributed by atoms with Gasteiger partial charge in [-0.2, -0.15) is 0 Å². The Morgan fingerprint density at radius 3 is 1.70 bits per heavy atom. The summed E-state index contributed by atoms with van der Waals surface area (Å²) in [6, 6.07) is 43.5. The molecule has 6 aromatic carbocycles. The molecule has 1 aromatic heterocycles. The molecule has 1 heterocycles. The number of fused-ring (bicyclic) bond motifs is 11. The first-order valence-electron chi connectivity index (χ1n) is 16.0. The van der Waals surface area contributed by atoms with Gasteiger partial charge in [0.05, 0.1) is 11.0 Å². The molecule has 0 unspecified atom stereocenters. The van der Waals surface area contributed by atoms with Crippen LogP contribution in [0.4, 0.5) is 0 Å². The Hall–Kier alpha value is -4.62. The zero-order valence-corrected chi connectivity index (χ0v) is 26.4.